The molecule has 0 aromatic rings. The van der Waals surface area contributed by atoms with Crippen LogP contribution in [0.15, 0.2) is 23.8 Å². The highest BCUT2D eigenvalue weighted by Crippen LogP contribution is 2.28. The molecule has 16 heavy (non-hydrogen) atoms. The second-order valence-electron chi connectivity index (χ2n) is 5.29. The molecular formula is C15H27Si. The van der Waals surface area contributed by atoms with Crippen molar-refractivity contribution < 1.29 is 0 Å². The van der Waals surface area contributed by atoms with E-state index in [0.29, 0.717) is 0 Å². The van der Waals surface area contributed by atoms with Crippen molar-refractivity contribution in [1.29, 1.82) is 0 Å². The summed E-state index contributed by atoms with van der Waals surface area (Å²) in [7, 11) is 0.0219. The molecule has 0 nitrogen and oxygen atoms in total. The minimum Gasteiger partial charge on any atom is -0.0773 e. The predicted molar refractivity (Wildman–Crippen MR) is 76.4 cm³/mol. The summed E-state index contributed by atoms with van der Waals surface area (Å²) in [6.45, 7) is 7.13. The van der Waals surface area contributed by atoms with Crippen molar-refractivity contribution in [2.24, 2.45) is 5.92 Å². The van der Waals surface area contributed by atoms with E-state index in [9.17, 15) is 0 Å². The third kappa shape index (κ3) is 5.15. The van der Waals surface area contributed by atoms with Crippen LogP contribution in [-0.4, -0.2) is 8.80 Å². The topological polar surface area (TPSA) is 0 Å². The van der Waals surface area contributed by atoms with E-state index >= 15 is 0 Å². The maximum Gasteiger partial charge on any atom is 0.0412 e. The highest BCUT2D eigenvalue weighted by Gasteiger charge is 2.13. The minimum atomic E-state index is 0.0219. The monoisotopic (exact) mass is 235 g/mol. The fourth-order valence-corrected chi connectivity index (χ4v) is 3.38. The highest BCUT2D eigenvalue weighted by atomic mass is 28.3. The largest absolute Gasteiger partial charge is 0.0773 e. The van der Waals surface area contributed by atoms with Gasteiger partial charge in [0, 0.05) is 8.80 Å². The smallest absolute Gasteiger partial charge is 0.0412 e. The Hall–Kier alpha value is -0.303. The molecule has 1 unspecified atom stereocenters. The van der Waals surface area contributed by atoms with Crippen molar-refractivity contribution in [2.45, 2.75) is 64.6 Å². The van der Waals surface area contributed by atoms with Gasteiger partial charge in [0.25, 0.3) is 0 Å². The molecule has 0 saturated heterocycles. The summed E-state index contributed by atoms with van der Waals surface area (Å²) in [4.78, 5) is 0. The maximum atomic E-state index is 2.42. The van der Waals surface area contributed by atoms with Gasteiger partial charge in [-0.05, 0) is 18.8 Å². The Kier molecular flexibility index (Phi) is 6.78. The lowest BCUT2D eigenvalue weighted by molar-refractivity contribution is 0.580. The first-order valence-electron chi connectivity index (χ1n) is 6.90. The Bertz CT molecular complexity index is 238. The summed E-state index contributed by atoms with van der Waals surface area (Å²) in [5.74, 6) is 0.785. The molecule has 91 valence electrons. The Morgan fingerprint density at radius 1 is 1.19 bits per heavy atom. The molecule has 0 bridgehead atoms. The van der Waals surface area contributed by atoms with Gasteiger partial charge >= 0.3 is 0 Å². The first kappa shape index (κ1) is 13.8. The van der Waals surface area contributed by atoms with Crippen molar-refractivity contribution >= 4 is 8.80 Å². The Balaban J connectivity index is 2.09. The van der Waals surface area contributed by atoms with Crippen molar-refractivity contribution in [3.05, 3.63) is 23.8 Å². The van der Waals surface area contributed by atoms with Gasteiger partial charge in [-0.15, -0.1) is 0 Å². The van der Waals surface area contributed by atoms with Gasteiger partial charge in [-0.25, -0.2) is 0 Å². The zero-order valence-corrected chi connectivity index (χ0v) is 12.3. The number of hydrogen-bond donors (Lipinski definition) is 0. The van der Waals surface area contributed by atoms with E-state index in [4.69, 9.17) is 0 Å². The average molecular weight is 235 g/mol. The molecule has 0 amide bonds. The van der Waals surface area contributed by atoms with Crippen LogP contribution in [-0.2, 0) is 0 Å². The molecule has 1 radical (unpaired) electrons. The summed E-state index contributed by atoms with van der Waals surface area (Å²) >= 11 is 0. The normalized spacial score (nSPS) is 19.5. The van der Waals surface area contributed by atoms with Crippen LogP contribution in [0.4, 0.5) is 0 Å². The molecule has 1 atom stereocenters. The highest BCUT2D eigenvalue weighted by molar-refractivity contribution is 6.55. The van der Waals surface area contributed by atoms with Gasteiger partial charge in [0.05, 0.1) is 0 Å². The van der Waals surface area contributed by atoms with Gasteiger partial charge in [-0.1, -0.05) is 75.5 Å². The first-order chi connectivity index (χ1) is 7.74. The summed E-state index contributed by atoms with van der Waals surface area (Å²) in [5.41, 5.74) is 1.68. The van der Waals surface area contributed by atoms with Crippen LogP contribution in [0.2, 0.25) is 19.1 Å². The Labute approximate surface area is 103 Å². The first-order valence-corrected chi connectivity index (χ1v) is 9.61. The maximum absolute atomic E-state index is 2.42. The standard InChI is InChI=1S/C15H27Si/c1-4-9-14-11-8-12-15(14)10-6-5-7-13-16(2)3/h8,11-12,15H,4-7,9-10,13H2,1-3H3. The van der Waals surface area contributed by atoms with Crippen molar-refractivity contribution in [3.63, 3.8) is 0 Å². The second kappa shape index (κ2) is 7.89. The van der Waals surface area contributed by atoms with Gasteiger partial charge in [0.1, 0.15) is 0 Å². The van der Waals surface area contributed by atoms with Gasteiger partial charge in [0.15, 0.2) is 0 Å². The van der Waals surface area contributed by atoms with E-state index in [1.54, 1.807) is 5.57 Å². The summed E-state index contributed by atoms with van der Waals surface area (Å²) in [6.07, 6.45) is 15.3. The van der Waals surface area contributed by atoms with Crippen LogP contribution in [0.3, 0.4) is 0 Å². The molecular weight excluding hydrogens is 208 g/mol. The van der Waals surface area contributed by atoms with Crippen LogP contribution in [0, 0.1) is 5.92 Å². The van der Waals surface area contributed by atoms with E-state index in [1.807, 2.05) is 0 Å². The average Bonchev–Trinajstić information content (AvgIpc) is 2.65. The van der Waals surface area contributed by atoms with Gasteiger partial charge < -0.3 is 0 Å². The molecule has 0 heterocycles. The second-order valence-corrected chi connectivity index (χ2v) is 8.20. The summed E-state index contributed by atoms with van der Waals surface area (Å²) in [6, 6.07) is 1.50. The fourth-order valence-electron chi connectivity index (χ4n) is 2.42. The van der Waals surface area contributed by atoms with Crippen molar-refractivity contribution in [1.82, 2.24) is 0 Å². The molecule has 0 spiro atoms. The third-order valence-corrected chi connectivity index (χ3v) is 4.71. The lowest BCUT2D eigenvalue weighted by atomic mass is 9.93. The fraction of sp³-hybridized carbons (Fsp3) is 0.733. The number of hydrogen-bond acceptors (Lipinski definition) is 0. The molecule has 0 fully saturated rings. The summed E-state index contributed by atoms with van der Waals surface area (Å²) in [5, 5.41) is 0. The number of allylic oxidation sites excluding steroid dienone is 4. The molecule has 0 aromatic carbocycles. The quantitative estimate of drug-likeness (QED) is 0.400. The van der Waals surface area contributed by atoms with Crippen molar-refractivity contribution in [2.75, 3.05) is 0 Å². The minimum absolute atomic E-state index is 0.0219. The zero-order chi connectivity index (χ0) is 11.8. The molecule has 1 heteroatoms. The lowest BCUT2D eigenvalue weighted by Crippen LogP contribution is -2.00. The SMILES string of the molecule is CCCC1=CC=CC1CCCCC[Si](C)C. The van der Waals surface area contributed by atoms with Crippen LogP contribution in [0.25, 0.3) is 0 Å². The van der Waals surface area contributed by atoms with E-state index in [-0.39, 0.29) is 8.80 Å². The molecule has 1 aliphatic carbocycles. The van der Waals surface area contributed by atoms with Crippen LogP contribution < -0.4 is 0 Å². The Morgan fingerprint density at radius 3 is 2.69 bits per heavy atom. The van der Waals surface area contributed by atoms with Crippen LogP contribution >= 0.6 is 0 Å². The van der Waals surface area contributed by atoms with Crippen LogP contribution in [0.1, 0.15) is 45.4 Å². The van der Waals surface area contributed by atoms with Crippen LogP contribution in [0.5, 0.6) is 0 Å². The molecule has 1 aliphatic rings. The van der Waals surface area contributed by atoms with Gasteiger partial charge in [-0.3, -0.25) is 0 Å². The van der Waals surface area contributed by atoms with E-state index < -0.39 is 0 Å². The van der Waals surface area contributed by atoms with Gasteiger partial charge in [-0.2, -0.15) is 0 Å². The summed E-state index contributed by atoms with van der Waals surface area (Å²) < 4.78 is 0. The lowest BCUT2D eigenvalue weighted by Gasteiger charge is -2.13. The number of rotatable bonds is 8. The number of unbranched alkanes of at least 4 members (excludes halogenated alkanes) is 2. The van der Waals surface area contributed by atoms with E-state index in [0.717, 1.165) is 5.92 Å². The molecule has 1 rings (SSSR count). The molecule has 0 N–H and O–H groups in total. The molecule has 0 aromatic heterocycles. The molecule has 0 saturated carbocycles. The van der Waals surface area contributed by atoms with E-state index in [1.165, 1.54) is 44.6 Å². The zero-order valence-electron chi connectivity index (χ0n) is 11.3. The third-order valence-electron chi connectivity index (χ3n) is 3.36. The van der Waals surface area contributed by atoms with Crippen molar-refractivity contribution in [3.8, 4) is 0 Å². The van der Waals surface area contributed by atoms with Gasteiger partial charge in [0.2, 0.25) is 0 Å². The molecule has 0 aliphatic heterocycles. The Morgan fingerprint density at radius 2 is 2.00 bits per heavy atom. The predicted octanol–water partition coefficient (Wildman–Crippen LogP) is 5.21. The van der Waals surface area contributed by atoms with E-state index in [2.05, 4.69) is 38.2 Å².